The summed E-state index contributed by atoms with van der Waals surface area (Å²) >= 11 is 1.33. The number of benzene rings is 2. The van der Waals surface area contributed by atoms with Crippen molar-refractivity contribution in [2.24, 2.45) is 0 Å². The Labute approximate surface area is 169 Å². The lowest BCUT2D eigenvalue weighted by atomic mass is 10.1. The molecular formula is C23H24O4S. The molecule has 0 bridgehead atoms. The van der Waals surface area contributed by atoms with E-state index in [0.717, 1.165) is 37.0 Å². The minimum atomic E-state index is -0.362. The van der Waals surface area contributed by atoms with Crippen LogP contribution in [0.15, 0.2) is 52.3 Å². The predicted octanol–water partition coefficient (Wildman–Crippen LogP) is 5.76. The van der Waals surface area contributed by atoms with Gasteiger partial charge < -0.3 is 9.47 Å². The maximum Gasteiger partial charge on any atom is 0.339 e. The van der Waals surface area contributed by atoms with Crippen LogP contribution in [0.25, 0.3) is 6.08 Å². The van der Waals surface area contributed by atoms with Gasteiger partial charge in [0.15, 0.2) is 0 Å². The van der Waals surface area contributed by atoms with Crippen molar-refractivity contribution in [2.45, 2.75) is 37.5 Å². The average molecular weight is 397 g/mol. The van der Waals surface area contributed by atoms with Crippen LogP contribution in [-0.2, 0) is 4.74 Å². The summed E-state index contributed by atoms with van der Waals surface area (Å²) in [6.45, 7) is 2.56. The number of hydrogen-bond acceptors (Lipinski definition) is 5. The lowest BCUT2D eigenvalue weighted by Crippen LogP contribution is -2.08. The van der Waals surface area contributed by atoms with Crippen LogP contribution in [-0.4, -0.2) is 25.5 Å². The number of fused-ring (bicyclic) bond motifs is 1. The van der Waals surface area contributed by atoms with Crippen molar-refractivity contribution in [1.82, 2.24) is 0 Å². The smallest absolute Gasteiger partial charge is 0.339 e. The molecular weight excluding hydrogens is 372 g/mol. The lowest BCUT2D eigenvalue weighted by Gasteiger charge is -2.07. The van der Waals surface area contributed by atoms with E-state index < -0.39 is 0 Å². The molecule has 0 N–H and O–H groups in total. The van der Waals surface area contributed by atoms with Gasteiger partial charge in [-0.15, -0.1) is 0 Å². The number of allylic oxidation sites excluding steroid dienone is 1. The van der Waals surface area contributed by atoms with Gasteiger partial charge in [0.05, 0.1) is 24.2 Å². The monoisotopic (exact) mass is 396 g/mol. The molecule has 1 heterocycles. The molecule has 28 heavy (non-hydrogen) atoms. The number of carbonyl (C=O) groups excluding carboxylic acids is 2. The molecule has 0 spiro atoms. The molecule has 0 saturated heterocycles. The lowest BCUT2D eigenvalue weighted by molar-refractivity contribution is 0.0494. The van der Waals surface area contributed by atoms with Gasteiger partial charge in [0.1, 0.15) is 5.75 Å². The Hall–Kier alpha value is -2.53. The Morgan fingerprint density at radius 2 is 1.86 bits per heavy atom. The highest BCUT2D eigenvalue weighted by atomic mass is 32.2. The van der Waals surface area contributed by atoms with Gasteiger partial charge in [0.25, 0.3) is 0 Å². The van der Waals surface area contributed by atoms with E-state index in [2.05, 4.69) is 6.92 Å². The summed E-state index contributed by atoms with van der Waals surface area (Å²) in [6.07, 6.45) is 6.04. The zero-order chi connectivity index (χ0) is 19.9. The SMILES string of the molecule is CCCCCCOC(=O)c1cccc2c1S/C(=C\c1ccc(OC)cc1)C2=O. The Balaban J connectivity index is 1.74. The summed E-state index contributed by atoms with van der Waals surface area (Å²) in [6, 6.07) is 12.7. The van der Waals surface area contributed by atoms with Crippen molar-refractivity contribution in [2.75, 3.05) is 13.7 Å². The normalized spacial score (nSPS) is 14.2. The third kappa shape index (κ3) is 4.65. The van der Waals surface area contributed by atoms with Gasteiger partial charge in [-0.2, -0.15) is 0 Å². The van der Waals surface area contributed by atoms with Crippen molar-refractivity contribution in [3.63, 3.8) is 0 Å². The number of carbonyl (C=O) groups is 2. The topological polar surface area (TPSA) is 52.6 Å². The largest absolute Gasteiger partial charge is 0.497 e. The summed E-state index contributed by atoms with van der Waals surface area (Å²) in [5.74, 6) is 0.340. The third-order valence-corrected chi connectivity index (χ3v) is 5.73. The molecule has 0 saturated carbocycles. The fourth-order valence-corrected chi connectivity index (χ4v) is 4.14. The zero-order valence-corrected chi connectivity index (χ0v) is 17.0. The molecule has 3 rings (SSSR count). The Kier molecular flexibility index (Phi) is 6.93. The second kappa shape index (κ2) is 9.60. The molecule has 0 radical (unpaired) electrons. The first kappa shape index (κ1) is 20.2. The number of methoxy groups -OCH3 is 1. The first-order chi connectivity index (χ1) is 13.6. The van der Waals surface area contributed by atoms with Crippen LogP contribution < -0.4 is 4.74 Å². The second-order valence-electron chi connectivity index (χ2n) is 6.59. The number of unbranched alkanes of at least 4 members (excludes halogenated alkanes) is 3. The van der Waals surface area contributed by atoms with Crippen LogP contribution in [0.5, 0.6) is 5.75 Å². The fourth-order valence-electron chi connectivity index (χ4n) is 2.99. The molecule has 0 unspecified atom stereocenters. The maximum absolute atomic E-state index is 12.8. The van der Waals surface area contributed by atoms with Gasteiger partial charge in [-0.1, -0.05) is 56.1 Å². The summed E-state index contributed by atoms with van der Waals surface area (Å²) in [7, 11) is 1.62. The van der Waals surface area contributed by atoms with Crippen LogP contribution in [0, 0.1) is 0 Å². The van der Waals surface area contributed by atoms with Crippen molar-refractivity contribution in [3.8, 4) is 5.75 Å². The third-order valence-electron chi connectivity index (χ3n) is 4.56. The molecule has 0 amide bonds. The number of ether oxygens (including phenoxy) is 2. The molecule has 4 nitrogen and oxygen atoms in total. The highest BCUT2D eigenvalue weighted by molar-refractivity contribution is 8.05. The van der Waals surface area contributed by atoms with Gasteiger partial charge in [-0.05, 0) is 42.3 Å². The van der Waals surface area contributed by atoms with E-state index in [-0.39, 0.29) is 11.8 Å². The summed E-state index contributed by atoms with van der Waals surface area (Å²) in [4.78, 5) is 26.6. The van der Waals surface area contributed by atoms with Crippen LogP contribution in [0.1, 0.15) is 58.9 Å². The van der Waals surface area contributed by atoms with Gasteiger partial charge in [0, 0.05) is 10.5 Å². The van der Waals surface area contributed by atoms with E-state index in [1.54, 1.807) is 25.3 Å². The summed E-state index contributed by atoms with van der Waals surface area (Å²) in [5, 5.41) is 0. The predicted molar refractivity (Wildman–Crippen MR) is 112 cm³/mol. The highest BCUT2D eigenvalue weighted by Crippen LogP contribution is 2.43. The number of hydrogen-bond donors (Lipinski definition) is 0. The second-order valence-corrected chi connectivity index (χ2v) is 7.64. The van der Waals surface area contributed by atoms with Crippen LogP contribution in [0.3, 0.4) is 0 Å². The molecule has 2 aromatic rings. The van der Waals surface area contributed by atoms with E-state index in [0.29, 0.717) is 27.5 Å². The Bertz CT molecular complexity index is 884. The first-order valence-corrected chi connectivity index (χ1v) is 10.3. The van der Waals surface area contributed by atoms with Gasteiger partial charge in [-0.25, -0.2) is 4.79 Å². The van der Waals surface area contributed by atoms with Gasteiger partial charge in [0.2, 0.25) is 5.78 Å². The zero-order valence-electron chi connectivity index (χ0n) is 16.2. The van der Waals surface area contributed by atoms with Crippen LogP contribution in [0.4, 0.5) is 0 Å². The number of thioether (sulfide) groups is 1. The first-order valence-electron chi connectivity index (χ1n) is 9.52. The average Bonchev–Trinajstić information content (AvgIpc) is 3.04. The fraction of sp³-hybridized carbons (Fsp3) is 0.304. The van der Waals surface area contributed by atoms with Crippen LogP contribution in [0.2, 0.25) is 0 Å². The number of Topliss-reactive ketones (excluding diaryl/α,β-unsaturated/α-hetero) is 1. The minimum Gasteiger partial charge on any atom is -0.497 e. The molecule has 0 aromatic heterocycles. The van der Waals surface area contributed by atoms with E-state index >= 15 is 0 Å². The van der Waals surface area contributed by atoms with Crippen molar-refractivity contribution in [3.05, 3.63) is 64.1 Å². The minimum absolute atomic E-state index is 0.0617. The van der Waals surface area contributed by atoms with Gasteiger partial charge in [-0.3, -0.25) is 4.79 Å². The number of rotatable bonds is 8. The molecule has 1 aliphatic rings. The highest BCUT2D eigenvalue weighted by Gasteiger charge is 2.30. The molecule has 146 valence electrons. The summed E-state index contributed by atoms with van der Waals surface area (Å²) < 4.78 is 10.6. The van der Waals surface area contributed by atoms with Crippen LogP contribution >= 0.6 is 11.8 Å². The van der Waals surface area contributed by atoms with Crippen molar-refractivity contribution in [1.29, 1.82) is 0 Å². The van der Waals surface area contributed by atoms with E-state index in [4.69, 9.17) is 9.47 Å². The van der Waals surface area contributed by atoms with E-state index in [1.807, 2.05) is 30.3 Å². The van der Waals surface area contributed by atoms with Crippen molar-refractivity contribution < 1.29 is 19.1 Å². The van der Waals surface area contributed by atoms with Gasteiger partial charge >= 0.3 is 5.97 Å². The maximum atomic E-state index is 12.8. The molecule has 1 aliphatic heterocycles. The van der Waals surface area contributed by atoms with E-state index in [9.17, 15) is 9.59 Å². The number of esters is 1. The molecule has 5 heteroatoms. The molecule has 2 aromatic carbocycles. The molecule has 0 atom stereocenters. The van der Waals surface area contributed by atoms with Crippen molar-refractivity contribution >= 4 is 29.6 Å². The Morgan fingerprint density at radius 1 is 1.07 bits per heavy atom. The number of ketones is 1. The van der Waals surface area contributed by atoms with E-state index in [1.165, 1.54) is 11.8 Å². The Morgan fingerprint density at radius 3 is 2.57 bits per heavy atom. The molecule has 0 fully saturated rings. The summed E-state index contributed by atoms with van der Waals surface area (Å²) in [5.41, 5.74) is 1.93. The standard InChI is InChI=1S/C23H24O4S/c1-3-4-5-6-14-27-23(25)19-9-7-8-18-21(24)20(28-22(18)19)15-16-10-12-17(26-2)13-11-16/h7-13,15H,3-6,14H2,1-2H3/b20-15-. The molecule has 0 aliphatic carbocycles. The quantitative estimate of drug-likeness (QED) is 0.322.